The molecule has 1 atom stereocenters. The van der Waals surface area contributed by atoms with Gasteiger partial charge in [0.1, 0.15) is 5.75 Å². The quantitative estimate of drug-likeness (QED) is 0.916. The highest BCUT2D eigenvalue weighted by atomic mass is 16.5. The average Bonchev–Trinajstić information content (AvgIpc) is 2.60. The summed E-state index contributed by atoms with van der Waals surface area (Å²) < 4.78 is 5.43. The van der Waals surface area contributed by atoms with Gasteiger partial charge in [0.05, 0.1) is 13.2 Å². The Morgan fingerprint density at radius 2 is 1.83 bits per heavy atom. The topological polar surface area (TPSA) is 32.7 Å². The predicted octanol–water partition coefficient (Wildman–Crippen LogP) is 3.55. The van der Waals surface area contributed by atoms with Crippen LogP contribution in [0.2, 0.25) is 0 Å². The highest BCUT2D eigenvalue weighted by Gasteiger charge is 2.20. The van der Waals surface area contributed by atoms with Crippen molar-refractivity contribution in [1.82, 2.24) is 4.90 Å². The first-order valence-electron chi connectivity index (χ1n) is 8.38. The van der Waals surface area contributed by atoms with Crippen molar-refractivity contribution >= 4 is 0 Å². The van der Waals surface area contributed by atoms with Crippen LogP contribution in [0.4, 0.5) is 0 Å². The van der Waals surface area contributed by atoms with Crippen LogP contribution >= 0.6 is 0 Å². The normalized spacial score (nSPS) is 17.1. The van der Waals surface area contributed by atoms with E-state index in [0.29, 0.717) is 5.75 Å². The molecule has 1 fully saturated rings. The Kier molecular flexibility index (Phi) is 5.31. The molecule has 0 spiro atoms. The SMILES string of the molecule is Cc1ccc(O)c(C(CCN2CCOCC2)c2ccccc2)c1. The molecular weight excluding hydrogens is 286 g/mol. The van der Waals surface area contributed by atoms with Gasteiger partial charge in [-0.2, -0.15) is 0 Å². The molecule has 0 saturated carbocycles. The van der Waals surface area contributed by atoms with Gasteiger partial charge in [0.25, 0.3) is 0 Å². The van der Waals surface area contributed by atoms with E-state index in [4.69, 9.17) is 4.74 Å². The number of hydrogen-bond donors (Lipinski definition) is 1. The van der Waals surface area contributed by atoms with E-state index >= 15 is 0 Å². The summed E-state index contributed by atoms with van der Waals surface area (Å²) in [5.74, 6) is 0.616. The summed E-state index contributed by atoms with van der Waals surface area (Å²) in [4.78, 5) is 2.45. The number of rotatable bonds is 5. The number of benzene rings is 2. The van der Waals surface area contributed by atoms with Crippen LogP contribution < -0.4 is 0 Å². The smallest absolute Gasteiger partial charge is 0.119 e. The second-order valence-corrected chi connectivity index (χ2v) is 6.27. The molecule has 1 aliphatic heterocycles. The van der Waals surface area contributed by atoms with Crippen molar-refractivity contribution in [3.05, 3.63) is 65.2 Å². The third-order valence-corrected chi connectivity index (χ3v) is 4.60. The van der Waals surface area contributed by atoms with Gasteiger partial charge in [0, 0.05) is 24.6 Å². The first-order valence-corrected chi connectivity index (χ1v) is 8.38. The van der Waals surface area contributed by atoms with Crippen LogP contribution in [-0.2, 0) is 4.74 Å². The van der Waals surface area contributed by atoms with Crippen molar-refractivity contribution in [3.63, 3.8) is 0 Å². The Balaban J connectivity index is 1.83. The summed E-state index contributed by atoms with van der Waals surface area (Å²) in [5.41, 5.74) is 3.48. The van der Waals surface area contributed by atoms with Gasteiger partial charge in [0.15, 0.2) is 0 Å². The lowest BCUT2D eigenvalue weighted by Gasteiger charge is -2.29. The van der Waals surface area contributed by atoms with Crippen molar-refractivity contribution in [2.24, 2.45) is 0 Å². The van der Waals surface area contributed by atoms with E-state index in [2.05, 4.69) is 42.2 Å². The number of morpholine rings is 1. The molecule has 0 amide bonds. The van der Waals surface area contributed by atoms with E-state index in [1.807, 2.05) is 18.2 Å². The van der Waals surface area contributed by atoms with E-state index < -0.39 is 0 Å². The fraction of sp³-hybridized carbons (Fsp3) is 0.400. The van der Waals surface area contributed by atoms with Gasteiger partial charge in [-0.1, -0.05) is 48.0 Å². The van der Waals surface area contributed by atoms with Crippen LogP contribution in [0.3, 0.4) is 0 Å². The fourth-order valence-corrected chi connectivity index (χ4v) is 3.28. The third kappa shape index (κ3) is 4.12. The zero-order valence-corrected chi connectivity index (χ0v) is 13.7. The Labute approximate surface area is 138 Å². The lowest BCUT2D eigenvalue weighted by atomic mass is 9.87. The molecule has 1 N–H and O–H groups in total. The molecule has 122 valence electrons. The molecule has 1 aliphatic rings. The van der Waals surface area contributed by atoms with Crippen molar-refractivity contribution < 1.29 is 9.84 Å². The van der Waals surface area contributed by atoms with Crippen LogP contribution in [0, 0.1) is 6.92 Å². The maximum Gasteiger partial charge on any atom is 0.119 e. The molecule has 0 aromatic heterocycles. The minimum atomic E-state index is 0.221. The number of phenolic OH excluding ortho intramolecular Hbond substituents is 1. The lowest BCUT2D eigenvalue weighted by molar-refractivity contribution is 0.0369. The molecule has 0 radical (unpaired) electrons. The minimum absolute atomic E-state index is 0.221. The van der Waals surface area contributed by atoms with Gasteiger partial charge in [-0.25, -0.2) is 0 Å². The summed E-state index contributed by atoms with van der Waals surface area (Å²) in [6.45, 7) is 6.75. The molecule has 23 heavy (non-hydrogen) atoms. The van der Waals surface area contributed by atoms with E-state index in [1.165, 1.54) is 11.1 Å². The third-order valence-electron chi connectivity index (χ3n) is 4.60. The number of hydrogen-bond acceptors (Lipinski definition) is 3. The predicted molar refractivity (Wildman–Crippen MR) is 93.0 cm³/mol. The summed E-state index contributed by atoms with van der Waals surface area (Å²) in [6, 6.07) is 16.4. The Morgan fingerprint density at radius 3 is 2.57 bits per heavy atom. The monoisotopic (exact) mass is 311 g/mol. The Bertz CT molecular complexity index is 621. The van der Waals surface area contributed by atoms with E-state index in [0.717, 1.165) is 44.8 Å². The van der Waals surface area contributed by atoms with Crippen molar-refractivity contribution in [2.45, 2.75) is 19.3 Å². The second-order valence-electron chi connectivity index (χ2n) is 6.27. The lowest BCUT2D eigenvalue weighted by Crippen LogP contribution is -2.37. The van der Waals surface area contributed by atoms with Gasteiger partial charge in [0.2, 0.25) is 0 Å². The highest BCUT2D eigenvalue weighted by Crippen LogP contribution is 2.34. The van der Waals surface area contributed by atoms with Crippen LogP contribution in [0.1, 0.15) is 29.0 Å². The first kappa shape index (κ1) is 16.0. The minimum Gasteiger partial charge on any atom is -0.508 e. The van der Waals surface area contributed by atoms with Gasteiger partial charge in [-0.15, -0.1) is 0 Å². The summed E-state index contributed by atoms with van der Waals surface area (Å²) in [5, 5.41) is 10.4. The highest BCUT2D eigenvalue weighted by molar-refractivity contribution is 5.43. The second kappa shape index (κ2) is 7.62. The van der Waals surface area contributed by atoms with Crippen LogP contribution in [0.5, 0.6) is 5.75 Å². The van der Waals surface area contributed by atoms with Crippen LogP contribution in [0.25, 0.3) is 0 Å². The fourth-order valence-electron chi connectivity index (χ4n) is 3.28. The number of aromatic hydroxyl groups is 1. The van der Waals surface area contributed by atoms with Gasteiger partial charge in [-0.05, 0) is 31.5 Å². The number of phenols is 1. The largest absolute Gasteiger partial charge is 0.508 e. The number of nitrogens with zero attached hydrogens (tertiary/aromatic N) is 1. The standard InChI is InChI=1S/C20H25NO2/c1-16-7-8-20(22)19(15-16)18(17-5-3-2-4-6-17)9-10-21-11-13-23-14-12-21/h2-8,15,18,22H,9-14H2,1H3. The number of aryl methyl sites for hydroxylation is 1. The first-order chi connectivity index (χ1) is 11.2. The van der Waals surface area contributed by atoms with E-state index in [1.54, 1.807) is 0 Å². The van der Waals surface area contributed by atoms with Crippen LogP contribution in [0.15, 0.2) is 48.5 Å². The summed E-state index contributed by atoms with van der Waals surface area (Å²) >= 11 is 0. The van der Waals surface area contributed by atoms with Gasteiger partial charge in [-0.3, -0.25) is 4.90 Å². The maximum atomic E-state index is 10.4. The molecular formula is C20H25NO2. The van der Waals surface area contributed by atoms with Crippen molar-refractivity contribution in [3.8, 4) is 5.75 Å². The molecule has 3 heteroatoms. The van der Waals surface area contributed by atoms with E-state index in [9.17, 15) is 5.11 Å². The molecule has 2 aromatic carbocycles. The molecule has 2 aromatic rings. The van der Waals surface area contributed by atoms with Gasteiger partial charge >= 0.3 is 0 Å². The van der Waals surface area contributed by atoms with E-state index in [-0.39, 0.29) is 5.92 Å². The van der Waals surface area contributed by atoms with Crippen molar-refractivity contribution in [2.75, 3.05) is 32.8 Å². The molecule has 1 heterocycles. The Hall–Kier alpha value is -1.84. The molecule has 1 saturated heterocycles. The molecule has 1 unspecified atom stereocenters. The molecule has 0 bridgehead atoms. The molecule has 3 nitrogen and oxygen atoms in total. The summed E-state index contributed by atoms with van der Waals surface area (Å²) in [7, 11) is 0. The zero-order valence-electron chi connectivity index (χ0n) is 13.7. The maximum absolute atomic E-state index is 10.4. The average molecular weight is 311 g/mol. The molecule has 3 rings (SSSR count). The number of ether oxygens (including phenoxy) is 1. The Morgan fingerprint density at radius 1 is 1.09 bits per heavy atom. The molecule has 0 aliphatic carbocycles. The van der Waals surface area contributed by atoms with Gasteiger partial charge < -0.3 is 9.84 Å². The zero-order chi connectivity index (χ0) is 16.1. The van der Waals surface area contributed by atoms with Crippen LogP contribution in [-0.4, -0.2) is 42.9 Å². The van der Waals surface area contributed by atoms with Crippen molar-refractivity contribution in [1.29, 1.82) is 0 Å². The summed E-state index contributed by atoms with van der Waals surface area (Å²) in [6.07, 6.45) is 1.00.